The SMILES string of the molecule is CNC(c1cc(Cl)cc2c1OCC2)C1CCOC1. The first-order chi connectivity index (χ1) is 8.79. The maximum Gasteiger partial charge on any atom is 0.127 e. The summed E-state index contributed by atoms with van der Waals surface area (Å²) in [6.45, 7) is 2.43. The Hall–Kier alpha value is -0.770. The molecule has 3 nitrogen and oxygen atoms in total. The van der Waals surface area contributed by atoms with Crippen molar-refractivity contribution in [2.24, 2.45) is 5.92 Å². The van der Waals surface area contributed by atoms with Crippen molar-refractivity contribution in [1.29, 1.82) is 0 Å². The van der Waals surface area contributed by atoms with E-state index >= 15 is 0 Å². The van der Waals surface area contributed by atoms with Crippen LogP contribution in [0.2, 0.25) is 5.02 Å². The fraction of sp³-hybridized carbons (Fsp3) is 0.571. The van der Waals surface area contributed by atoms with Gasteiger partial charge in [-0.1, -0.05) is 11.6 Å². The predicted molar refractivity (Wildman–Crippen MR) is 71.4 cm³/mol. The first-order valence-electron chi connectivity index (χ1n) is 6.49. The molecule has 1 saturated heterocycles. The Bertz CT molecular complexity index is 444. The van der Waals surface area contributed by atoms with E-state index in [0.717, 1.165) is 43.4 Å². The van der Waals surface area contributed by atoms with E-state index in [1.165, 1.54) is 11.1 Å². The quantitative estimate of drug-likeness (QED) is 0.913. The highest BCUT2D eigenvalue weighted by Crippen LogP contribution is 2.40. The molecule has 3 rings (SSSR count). The number of fused-ring (bicyclic) bond motifs is 1. The van der Waals surface area contributed by atoms with Crippen LogP contribution in [0.1, 0.15) is 23.6 Å². The van der Waals surface area contributed by atoms with Crippen molar-refractivity contribution < 1.29 is 9.47 Å². The van der Waals surface area contributed by atoms with E-state index in [0.29, 0.717) is 5.92 Å². The Morgan fingerprint density at radius 1 is 1.39 bits per heavy atom. The lowest BCUT2D eigenvalue weighted by Crippen LogP contribution is -2.26. The number of hydrogen-bond donors (Lipinski definition) is 1. The van der Waals surface area contributed by atoms with Crippen LogP contribution in [0.4, 0.5) is 0 Å². The fourth-order valence-electron chi connectivity index (χ4n) is 2.99. The molecule has 0 amide bonds. The summed E-state index contributed by atoms with van der Waals surface area (Å²) in [5, 5.41) is 4.20. The largest absolute Gasteiger partial charge is 0.493 e. The van der Waals surface area contributed by atoms with Gasteiger partial charge in [-0.2, -0.15) is 0 Å². The smallest absolute Gasteiger partial charge is 0.127 e. The molecule has 0 saturated carbocycles. The molecule has 18 heavy (non-hydrogen) atoms. The summed E-state index contributed by atoms with van der Waals surface area (Å²) >= 11 is 6.22. The van der Waals surface area contributed by atoms with Crippen molar-refractivity contribution in [1.82, 2.24) is 5.32 Å². The Morgan fingerprint density at radius 3 is 3.00 bits per heavy atom. The van der Waals surface area contributed by atoms with Crippen molar-refractivity contribution in [2.75, 3.05) is 26.9 Å². The van der Waals surface area contributed by atoms with E-state index in [2.05, 4.69) is 5.32 Å². The highest BCUT2D eigenvalue weighted by Gasteiger charge is 2.30. The van der Waals surface area contributed by atoms with Crippen LogP contribution in [0.15, 0.2) is 12.1 Å². The number of hydrogen-bond acceptors (Lipinski definition) is 3. The first-order valence-corrected chi connectivity index (χ1v) is 6.87. The molecule has 1 N–H and O–H groups in total. The van der Waals surface area contributed by atoms with Gasteiger partial charge < -0.3 is 14.8 Å². The molecule has 98 valence electrons. The molecule has 2 atom stereocenters. The molecule has 0 aliphatic carbocycles. The van der Waals surface area contributed by atoms with Crippen molar-refractivity contribution >= 4 is 11.6 Å². The van der Waals surface area contributed by atoms with Gasteiger partial charge in [0.05, 0.1) is 13.2 Å². The van der Waals surface area contributed by atoms with Crippen LogP contribution >= 0.6 is 11.6 Å². The monoisotopic (exact) mass is 267 g/mol. The lowest BCUT2D eigenvalue weighted by atomic mass is 9.90. The van der Waals surface area contributed by atoms with E-state index in [1.54, 1.807) is 0 Å². The summed E-state index contributed by atoms with van der Waals surface area (Å²) in [6.07, 6.45) is 2.05. The highest BCUT2D eigenvalue weighted by atomic mass is 35.5. The molecule has 1 aromatic carbocycles. The summed E-state index contributed by atoms with van der Waals surface area (Å²) in [4.78, 5) is 0. The van der Waals surface area contributed by atoms with Crippen molar-refractivity contribution in [2.45, 2.75) is 18.9 Å². The molecule has 4 heteroatoms. The molecule has 2 heterocycles. The number of ether oxygens (including phenoxy) is 2. The number of benzene rings is 1. The lowest BCUT2D eigenvalue weighted by molar-refractivity contribution is 0.177. The molecule has 0 spiro atoms. The van der Waals surface area contributed by atoms with E-state index in [-0.39, 0.29) is 6.04 Å². The van der Waals surface area contributed by atoms with Crippen LogP contribution < -0.4 is 10.1 Å². The van der Waals surface area contributed by atoms with Gasteiger partial charge in [0, 0.05) is 35.6 Å². The molecule has 1 aromatic rings. The topological polar surface area (TPSA) is 30.5 Å². The van der Waals surface area contributed by atoms with Gasteiger partial charge in [-0.25, -0.2) is 0 Å². The van der Waals surface area contributed by atoms with Gasteiger partial charge in [-0.15, -0.1) is 0 Å². The normalized spacial score (nSPS) is 23.8. The summed E-state index contributed by atoms with van der Waals surface area (Å²) in [6, 6.07) is 4.31. The molecule has 2 unspecified atom stereocenters. The van der Waals surface area contributed by atoms with E-state index in [9.17, 15) is 0 Å². The van der Waals surface area contributed by atoms with Crippen LogP contribution in [-0.4, -0.2) is 26.9 Å². The molecule has 0 bridgehead atoms. The minimum atomic E-state index is 0.262. The molecule has 2 aliphatic rings. The summed E-state index contributed by atoms with van der Waals surface area (Å²) in [7, 11) is 1.99. The van der Waals surface area contributed by atoms with Crippen LogP contribution in [0.5, 0.6) is 5.75 Å². The van der Waals surface area contributed by atoms with Gasteiger partial charge in [0.2, 0.25) is 0 Å². The zero-order valence-electron chi connectivity index (χ0n) is 10.5. The number of nitrogens with one attached hydrogen (secondary N) is 1. The Labute approximate surface area is 112 Å². The third-order valence-electron chi connectivity index (χ3n) is 3.86. The van der Waals surface area contributed by atoms with E-state index < -0.39 is 0 Å². The van der Waals surface area contributed by atoms with Crippen LogP contribution in [-0.2, 0) is 11.2 Å². The summed E-state index contributed by atoms with van der Waals surface area (Å²) in [5.41, 5.74) is 2.42. The zero-order chi connectivity index (χ0) is 12.5. The van der Waals surface area contributed by atoms with Gasteiger partial charge in [0.1, 0.15) is 5.75 Å². The first kappa shape index (κ1) is 12.3. The van der Waals surface area contributed by atoms with Crippen molar-refractivity contribution in [3.8, 4) is 5.75 Å². The minimum Gasteiger partial charge on any atom is -0.493 e. The second-order valence-corrected chi connectivity index (χ2v) is 5.41. The van der Waals surface area contributed by atoms with E-state index in [4.69, 9.17) is 21.1 Å². The standard InChI is InChI=1S/C14H18ClNO2/c1-16-13(10-2-4-17-8-10)12-7-11(15)6-9-3-5-18-14(9)12/h6-7,10,13,16H,2-5,8H2,1H3. The van der Waals surface area contributed by atoms with Crippen LogP contribution in [0.25, 0.3) is 0 Å². The Balaban J connectivity index is 1.98. The van der Waals surface area contributed by atoms with Crippen LogP contribution in [0.3, 0.4) is 0 Å². The minimum absolute atomic E-state index is 0.262. The molecule has 0 radical (unpaired) electrons. The summed E-state index contributed by atoms with van der Waals surface area (Å²) in [5.74, 6) is 1.53. The van der Waals surface area contributed by atoms with Gasteiger partial charge >= 0.3 is 0 Å². The van der Waals surface area contributed by atoms with Gasteiger partial charge in [0.25, 0.3) is 0 Å². The molecule has 1 fully saturated rings. The lowest BCUT2D eigenvalue weighted by Gasteiger charge is -2.24. The average Bonchev–Trinajstić information content (AvgIpc) is 2.99. The van der Waals surface area contributed by atoms with Gasteiger partial charge in [-0.05, 0) is 31.2 Å². The number of rotatable bonds is 3. The zero-order valence-corrected chi connectivity index (χ0v) is 11.3. The van der Waals surface area contributed by atoms with Crippen molar-refractivity contribution in [3.63, 3.8) is 0 Å². The maximum atomic E-state index is 6.22. The third kappa shape index (κ3) is 2.11. The molecule has 2 aliphatic heterocycles. The highest BCUT2D eigenvalue weighted by molar-refractivity contribution is 6.30. The third-order valence-corrected chi connectivity index (χ3v) is 4.08. The molecular weight excluding hydrogens is 250 g/mol. The predicted octanol–water partition coefficient (Wildman–Crippen LogP) is 2.57. The number of halogens is 1. The second-order valence-electron chi connectivity index (χ2n) is 4.97. The molecule has 0 aromatic heterocycles. The fourth-order valence-corrected chi connectivity index (χ4v) is 3.24. The second kappa shape index (κ2) is 5.08. The van der Waals surface area contributed by atoms with Crippen molar-refractivity contribution in [3.05, 3.63) is 28.3 Å². The summed E-state index contributed by atoms with van der Waals surface area (Å²) < 4.78 is 11.3. The average molecular weight is 268 g/mol. The maximum absolute atomic E-state index is 6.22. The Kier molecular flexibility index (Phi) is 3.46. The van der Waals surface area contributed by atoms with Gasteiger partial charge in [-0.3, -0.25) is 0 Å². The van der Waals surface area contributed by atoms with E-state index in [1.807, 2.05) is 19.2 Å². The molecular formula is C14H18ClNO2. The Morgan fingerprint density at radius 2 is 2.28 bits per heavy atom. The van der Waals surface area contributed by atoms with Gasteiger partial charge in [0.15, 0.2) is 0 Å². The van der Waals surface area contributed by atoms with Crippen LogP contribution in [0, 0.1) is 5.92 Å².